The van der Waals surface area contributed by atoms with Crippen LogP contribution in [0.3, 0.4) is 0 Å². The number of nitro benzene ring substituents is 2. The Morgan fingerprint density at radius 1 is 1.22 bits per heavy atom. The predicted molar refractivity (Wildman–Crippen MR) is 61.6 cm³/mol. The molecule has 2 rings (SSSR count). The van der Waals surface area contributed by atoms with Crippen molar-refractivity contribution in [3.05, 3.63) is 56.6 Å². The summed E-state index contributed by atoms with van der Waals surface area (Å²) in [4.78, 5) is 24.2. The third-order valence-corrected chi connectivity index (χ3v) is 2.45. The molecule has 0 saturated carbocycles. The number of benzene rings is 1. The first kappa shape index (κ1) is 11.7. The van der Waals surface area contributed by atoms with E-state index in [9.17, 15) is 20.2 Å². The van der Waals surface area contributed by atoms with Crippen LogP contribution >= 0.6 is 0 Å². The van der Waals surface area contributed by atoms with Crippen molar-refractivity contribution in [2.24, 2.45) is 0 Å². The minimum Gasteiger partial charge on any atom is -0.298 e. The van der Waals surface area contributed by atoms with Crippen LogP contribution in [-0.4, -0.2) is 19.4 Å². The molecule has 1 aromatic carbocycles. The summed E-state index contributed by atoms with van der Waals surface area (Å²) in [5.41, 5.74) is -0.394. The van der Waals surface area contributed by atoms with Gasteiger partial charge in [-0.15, -0.1) is 0 Å². The van der Waals surface area contributed by atoms with Crippen molar-refractivity contribution in [3.63, 3.8) is 0 Å². The fraction of sp³-hybridized carbons (Fsp3) is 0.100. The molecule has 1 heterocycles. The van der Waals surface area contributed by atoms with Gasteiger partial charge < -0.3 is 0 Å². The predicted octanol–water partition coefficient (Wildman–Crippen LogP) is 2.00. The Balaban J connectivity index is 2.65. The Hall–Kier alpha value is -2.77. The van der Waals surface area contributed by atoms with Gasteiger partial charge in [-0.05, 0) is 13.0 Å². The molecule has 0 aliphatic carbocycles. The van der Waals surface area contributed by atoms with Crippen LogP contribution in [0.5, 0.6) is 0 Å². The molecular formula is C10H8N4O4. The third kappa shape index (κ3) is 1.90. The lowest BCUT2D eigenvalue weighted by Gasteiger charge is -2.05. The third-order valence-electron chi connectivity index (χ3n) is 2.45. The average Bonchev–Trinajstić information content (AvgIpc) is 2.74. The van der Waals surface area contributed by atoms with Crippen molar-refractivity contribution in [1.29, 1.82) is 0 Å². The molecule has 0 bridgehead atoms. The van der Waals surface area contributed by atoms with Crippen molar-refractivity contribution in [2.45, 2.75) is 6.92 Å². The number of imidazole rings is 1. The molecule has 8 heteroatoms. The molecule has 0 N–H and O–H groups in total. The second kappa shape index (κ2) is 4.24. The second-order valence-corrected chi connectivity index (χ2v) is 3.53. The first-order chi connectivity index (χ1) is 8.50. The van der Waals surface area contributed by atoms with Gasteiger partial charge in [-0.25, -0.2) is 4.98 Å². The molecule has 8 nitrogen and oxygen atoms in total. The van der Waals surface area contributed by atoms with Crippen molar-refractivity contribution in [2.75, 3.05) is 0 Å². The number of hydrogen-bond acceptors (Lipinski definition) is 5. The Labute approximate surface area is 101 Å². The minimum atomic E-state index is -0.669. The Bertz CT molecular complexity index is 635. The number of rotatable bonds is 3. The van der Waals surface area contributed by atoms with Gasteiger partial charge in [-0.2, -0.15) is 0 Å². The zero-order valence-corrected chi connectivity index (χ0v) is 9.31. The van der Waals surface area contributed by atoms with E-state index in [0.717, 1.165) is 6.07 Å². The summed E-state index contributed by atoms with van der Waals surface area (Å²) in [6, 6.07) is 3.50. The van der Waals surface area contributed by atoms with Crippen molar-refractivity contribution in [3.8, 4) is 5.69 Å². The van der Waals surface area contributed by atoms with E-state index in [4.69, 9.17) is 0 Å². The average molecular weight is 248 g/mol. The molecular weight excluding hydrogens is 240 g/mol. The van der Waals surface area contributed by atoms with E-state index in [1.54, 1.807) is 13.1 Å². The normalized spacial score (nSPS) is 10.3. The van der Waals surface area contributed by atoms with Crippen LogP contribution in [0.15, 0.2) is 30.6 Å². The van der Waals surface area contributed by atoms with Gasteiger partial charge in [0.1, 0.15) is 11.5 Å². The molecule has 92 valence electrons. The number of aryl methyl sites for hydroxylation is 1. The molecule has 0 saturated heterocycles. The lowest BCUT2D eigenvalue weighted by atomic mass is 10.2. The van der Waals surface area contributed by atoms with Crippen molar-refractivity contribution in [1.82, 2.24) is 9.55 Å². The van der Waals surface area contributed by atoms with Gasteiger partial charge in [0.2, 0.25) is 0 Å². The van der Waals surface area contributed by atoms with Crippen LogP contribution in [0.1, 0.15) is 5.82 Å². The largest absolute Gasteiger partial charge is 0.300 e. The summed E-state index contributed by atoms with van der Waals surface area (Å²) in [7, 11) is 0. The Morgan fingerprint density at radius 2 is 1.94 bits per heavy atom. The number of hydrogen-bond donors (Lipinski definition) is 0. The molecule has 0 unspecified atom stereocenters. The van der Waals surface area contributed by atoms with Crippen LogP contribution in [0.2, 0.25) is 0 Å². The van der Waals surface area contributed by atoms with Crippen molar-refractivity contribution < 1.29 is 9.85 Å². The van der Waals surface area contributed by atoms with Gasteiger partial charge in [0.25, 0.3) is 11.4 Å². The van der Waals surface area contributed by atoms with E-state index in [1.807, 2.05) is 0 Å². The molecule has 2 aromatic rings. The summed E-state index contributed by atoms with van der Waals surface area (Å²) < 4.78 is 1.50. The molecule has 18 heavy (non-hydrogen) atoms. The first-order valence-electron chi connectivity index (χ1n) is 4.94. The summed E-state index contributed by atoms with van der Waals surface area (Å²) in [5, 5.41) is 21.6. The zero-order chi connectivity index (χ0) is 13.3. The van der Waals surface area contributed by atoms with Crippen LogP contribution in [-0.2, 0) is 0 Å². The number of nitrogens with zero attached hydrogens (tertiary/aromatic N) is 4. The second-order valence-electron chi connectivity index (χ2n) is 3.53. The summed E-state index contributed by atoms with van der Waals surface area (Å²) in [6.07, 6.45) is 3.06. The summed E-state index contributed by atoms with van der Waals surface area (Å²) in [5.74, 6) is 0.562. The van der Waals surface area contributed by atoms with E-state index in [1.165, 1.54) is 22.9 Å². The zero-order valence-electron chi connectivity index (χ0n) is 9.31. The van der Waals surface area contributed by atoms with Gasteiger partial charge in [0, 0.05) is 18.5 Å². The molecule has 0 aliphatic rings. The summed E-state index contributed by atoms with van der Waals surface area (Å²) in [6.45, 7) is 1.69. The molecule has 0 radical (unpaired) electrons. The fourth-order valence-corrected chi connectivity index (χ4v) is 1.61. The van der Waals surface area contributed by atoms with E-state index in [-0.39, 0.29) is 17.1 Å². The monoisotopic (exact) mass is 248 g/mol. The van der Waals surface area contributed by atoms with Gasteiger partial charge in [-0.1, -0.05) is 0 Å². The molecule has 0 amide bonds. The molecule has 1 aromatic heterocycles. The van der Waals surface area contributed by atoms with Crippen LogP contribution in [0.25, 0.3) is 5.69 Å². The number of non-ortho nitro benzene ring substituents is 1. The Kier molecular flexibility index (Phi) is 2.76. The van der Waals surface area contributed by atoms with Gasteiger partial charge >= 0.3 is 0 Å². The van der Waals surface area contributed by atoms with Gasteiger partial charge in [0.15, 0.2) is 0 Å². The topological polar surface area (TPSA) is 104 Å². The quantitative estimate of drug-likeness (QED) is 0.610. The molecule has 0 spiro atoms. The highest BCUT2D eigenvalue weighted by Gasteiger charge is 2.21. The van der Waals surface area contributed by atoms with Gasteiger partial charge in [-0.3, -0.25) is 24.8 Å². The summed E-state index contributed by atoms with van der Waals surface area (Å²) >= 11 is 0. The fourth-order valence-electron chi connectivity index (χ4n) is 1.61. The molecule has 0 fully saturated rings. The van der Waals surface area contributed by atoms with Crippen LogP contribution in [0.4, 0.5) is 11.4 Å². The smallest absolute Gasteiger partial charge is 0.298 e. The maximum Gasteiger partial charge on any atom is 0.300 e. The number of aromatic nitrogens is 2. The maximum atomic E-state index is 11.0. The minimum absolute atomic E-state index is 0.251. The first-order valence-corrected chi connectivity index (χ1v) is 4.94. The highest BCUT2D eigenvalue weighted by atomic mass is 16.6. The van der Waals surface area contributed by atoms with Crippen LogP contribution in [0, 0.1) is 27.2 Å². The molecule has 0 atom stereocenters. The lowest BCUT2D eigenvalue weighted by molar-refractivity contribution is -0.394. The van der Waals surface area contributed by atoms with Gasteiger partial charge in [0.05, 0.1) is 15.9 Å². The Morgan fingerprint density at radius 3 is 2.44 bits per heavy atom. The standard InChI is InChI=1S/C10H8N4O4/c1-7-11-4-5-12(7)9-3-2-8(13(15)16)6-10(9)14(17)18/h2-6H,1H3. The van der Waals surface area contributed by atoms with E-state index < -0.39 is 9.85 Å². The highest BCUT2D eigenvalue weighted by Crippen LogP contribution is 2.28. The van der Waals surface area contributed by atoms with Crippen molar-refractivity contribution >= 4 is 11.4 Å². The van der Waals surface area contributed by atoms with E-state index in [2.05, 4.69) is 4.98 Å². The lowest BCUT2D eigenvalue weighted by Crippen LogP contribution is -2.02. The maximum absolute atomic E-state index is 11.0. The van der Waals surface area contributed by atoms with Crippen LogP contribution < -0.4 is 0 Å². The van der Waals surface area contributed by atoms with E-state index in [0.29, 0.717) is 5.82 Å². The number of nitro groups is 2. The molecule has 0 aliphatic heterocycles. The highest BCUT2D eigenvalue weighted by molar-refractivity contribution is 5.58. The SMILES string of the molecule is Cc1nccn1-c1ccc([N+](=O)[O-])cc1[N+](=O)[O-]. The van der Waals surface area contributed by atoms with E-state index >= 15 is 0 Å².